The fourth-order valence-corrected chi connectivity index (χ4v) is 3.98. The molecule has 0 amide bonds. The summed E-state index contributed by atoms with van der Waals surface area (Å²) in [5.74, 6) is 1.87. The molecule has 2 rings (SSSR count). The summed E-state index contributed by atoms with van der Waals surface area (Å²) < 4.78 is 5.38. The first-order chi connectivity index (χ1) is 10.2. The van der Waals surface area contributed by atoms with E-state index in [1.54, 1.807) is 30.6 Å². The van der Waals surface area contributed by atoms with Gasteiger partial charge in [-0.1, -0.05) is 36.9 Å². The van der Waals surface area contributed by atoms with Crippen molar-refractivity contribution in [2.75, 3.05) is 12.9 Å². The smallest absolute Gasteiger partial charge is 0.132 e. The van der Waals surface area contributed by atoms with Crippen molar-refractivity contribution < 1.29 is 4.74 Å². The van der Waals surface area contributed by atoms with Crippen molar-refractivity contribution in [2.24, 2.45) is 5.73 Å². The third kappa shape index (κ3) is 3.74. The molecular weight excluding hydrogens is 300 g/mol. The Hall–Kier alpha value is -1.59. The summed E-state index contributed by atoms with van der Waals surface area (Å²) in [4.78, 5) is 3.04. The third-order valence-corrected chi connectivity index (χ3v) is 4.90. The number of rotatable bonds is 6. The van der Waals surface area contributed by atoms with Crippen LogP contribution in [0.5, 0.6) is 5.75 Å². The van der Waals surface area contributed by atoms with Crippen molar-refractivity contribution >= 4 is 29.4 Å². The van der Waals surface area contributed by atoms with Gasteiger partial charge in [-0.05, 0) is 30.0 Å². The Morgan fingerprint density at radius 3 is 2.43 bits per heavy atom. The van der Waals surface area contributed by atoms with Gasteiger partial charge in [0, 0.05) is 15.4 Å². The molecule has 0 saturated carbocycles. The van der Waals surface area contributed by atoms with Crippen molar-refractivity contribution in [3.63, 3.8) is 0 Å². The molecule has 110 valence electrons. The monoisotopic (exact) mass is 318 g/mol. The van der Waals surface area contributed by atoms with E-state index in [0.717, 1.165) is 31.8 Å². The molecule has 0 aliphatic rings. The highest BCUT2D eigenvalue weighted by Gasteiger charge is 2.14. The van der Waals surface area contributed by atoms with Crippen molar-refractivity contribution in [1.82, 2.24) is 0 Å². The first kappa shape index (κ1) is 15.8. The molecule has 2 aromatic carbocycles. The molecule has 0 heterocycles. The number of nitrogens with one attached hydrogen (secondary N) is 1. The van der Waals surface area contributed by atoms with Gasteiger partial charge in [0.2, 0.25) is 0 Å². The molecule has 0 bridgehead atoms. The first-order valence-corrected chi connectivity index (χ1v) is 8.38. The van der Waals surface area contributed by atoms with Gasteiger partial charge in [0.05, 0.1) is 12.0 Å². The average molecular weight is 318 g/mol. The van der Waals surface area contributed by atoms with Crippen LogP contribution in [0.3, 0.4) is 0 Å². The van der Waals surface area contributed by atoms with Crippen LogP contribution in [0.1, 0.15) is 12.5 Å². The second-order valence-corrected chi connectivity index (χ2v) is 6.62. The number of para-hydroxylation sites is 1. The van der Waals surface area contributed by atoms with E-state index in [4.69, 9.17) is 15.9 Å². The van der Waals surface area contributed by atoms with Gasteiger partial charge in [-0.3, -0.25) is 5.41 Å². The molecule has 0 aliphatic carbocycles. The van der Waals surface area contributed by atoms with Gasteiger partial charge >= 0.3 is 0 Å². The van der Waals surface area contributed by atoms with Crippen molar-refractivity contribution in [3.8, 4) is 5.75 Å². The summed E-state index contributed by atoms with van der Waals surface area (Å²) in [5, 5.41) is 7.88. The Morgan fingerprint density at radius 1 is 1.10 bits per heavy atom. The summed E-state index contributed by atoms with van der Waals surface area (Å²) >= 11 is 3.27. The van der Waals surface area contributed by atoms with Crippen LogP contribution in [0.25, 0.3) is 0 Å². The van der Waals surface area contributed by atoms with E-state index in [-0.39, 0.29) is 5.84 Å². The summed E-state index contributed by atoms with van der Waals surface area (Å²) in [6.07, 6.45) is 0. The fraction of sp³-hybridized carbons (Fsp3) is 0.188. The largest absolute Gasteiger partial charge is 0.496 e. The number of nitrogen functional groups attached to an aromatic ring is 1. The molecule has 2 aromatic rings. The minimum atomic E-state index is 0.101. The maximum Gasteiger partial charge on any atom is 0.132 e. The van der Waals surface area contributed by atoms with E-state index in [1.807, 2.05) is 42.5 Å². The van der Waals surface area contributed by atoms with Gasteiger partial charge in [-0.15, -0.1) is 11.8 Å². The molecule has 0 fully saturated rings. The highest BCUT2D eigenvalue weighted by atomic mass is 32.2. The molecule has 0 saturated heterocycles. The van der Waals surface area contributed by atoms with Gasteiger partial charge < -0.3 is 10.5 Å². The Bertz CT molecular complexity index is 644. The summed E-state index contributed by atoms with van der Waals surface area (Å²) in [6, 6.07) is 13.9. The van der Waals surface area contributed by atoms with E-state index >= 15 is 0 Å². The number of methoxy groups -OCH3 is 1. The normalized spacial score (nSPS) is 10.4. The number of amidine groups is 1. The Balaban J connectivity index is 2.44. The first-order valence-electron chi connectivity index (χ1n) is 6.58. The minimum Gasteiger partial charge on any atom is -0.496 e. The SMILES string of the molecule is CCSc1cccc(Sc2ccccc2OC)c1C(=N)N. The molecule has 0 radical (unpaired) electrons. The lowest BCUT2D eigenvalue weighted by molar-refractivity contribution is 0.405. The molecule has 0 aromatic heterocycles. The highest BCUT2D eigenvalue weighted by Crippen LogP contribution is 2.38. The van der Waals surface area contributed by atoms with Crippen LogP contribution in [0.2, 0.25) is 0 Å². The minimum absolute atomic E-state index is 0.101. The number of hydrogen-bond acceptors (Lipinski definition) is 4. The average Bonchev–Trinajstić information content (AvgIpc) is 2.48. The highest BCUT2D eigenvalue weighted by molar-refractivity contribution is 8.00. The standard InChI is InChI=1S/C16H18N2OS2/c1-3-20-13-9-6-10-14(15(13)16(17)18)21-12-8-5-4-7-11(12)19-2/h4-10H,3H2,1-2H3,(H3,17,18). The zero-order chi connectivity index (χ0) is 15.2. The lowest BCUT2D eigenvalue weighted by Crippen LogP contribution is -2.13. The second-order valence-electron chi connectivity index (χ2n) is 4.23. The van der Waals surface area contributed by atoms with Crippen LogP contribution in [-0.4, -0.2) is 18.7 Å². The predicted molar refractivity (Wildman–Crippen MR) is 91.0 cm³/mol. The van der Waals surface area contributed by atoms with Gasteiger partial charge in [-0.2, -0.15) is 0 Å². The lowest BCUT2D eigenvalue weighted by Gasteiger charge is -2.14. The Labute approximate surface area is 133 Å². The Kier molecular flexibility index (Phi) is 5.59. The number of hydrogen-bond donors (Lipinski definition) is 2. The Morgan fingerprint density at radius 2 is 1.76 bits per heavy atom. The van der Waals surface area contributed by atoms with Crippen molar-refractivity contribution in [1.29, 1.82) is 5.41 Å². The van der Waals surface area contributed by atoms with Crippen LogP contribution in [-0.2, 0) is 0 Å². The lowest BCUT2D eigenvalue weighted by atomic mass is 10.2. The summed E-state index contributed by atoms with van der Waals surface area (Å²) in [6.45, 7) is 2.09. The van der Waals surface area contributed by atoms with Gasteiger partial charge in [0.1, 0.15) is 11.6 Å². The van der Waals surface area contributed by atoms with E-state index in [1.165, 1.54) is 0 Å². The van der Waals surface area contributed by atoms with Crippen LogP contribution < -0.4 is 10.5 Å². The molecule has 0 atom stereocenters. The van der Waals surface area contributed by atoms with Crippen molar-refractivity contribution in [2.45, 2.75) is 21.6 Å². The molecule has 3 N–H and O–H groups in total. The third-order valence-electron chi connectivity index (χ3n) is 2.85. The zero-order valence-electron chi connectivity index (χ0n) is 12.1. The summed E-state index contributed by atoms with van der Waals surface area (Å²) in [5.41, 5.74) is 6.60. The van der Waals surface area contributed by atoms with Crippen LogP contribution in [0.4, 0.5) is 0 Å². The fourth-order valence-electron chi connectivity index (χ4n) is 1.96. The van der Waals surface area contributed by atoms with Gasteiger partial charge in [0.15, 0.2) is 0 Å². The molecule has 0 aliphatic heterocycles. The molecule has 0 unspecified atom stereocenters. The molecule has 5 heteroatoms. The number of thioether (sulfide) groups is 1. The molecule has 0 spiro atoms. The van der Waals surface area contributed by atoms with Gasteiger partial charge in [0.25, 0.3) is 0 Å². The summed E-state index contributed by atoms with van der Waals surface area (Å²) in [7, 11) is 1.66. The maximum absolute atomic E-state index is 7.88. The van der Waals surface area contributed by atoms with Crippen LogP contribution in [0.15, 0.2) is 57.2 Å². The number of nitrogens with two attached hydrogens (primary N) is 1. The van der Waals surface area contributed by atoms with Crippen LogP contribution in [0, 0.1) is 5.41 Å². The van der Waals surface area contributed by atoms with Crippen molar-refractivity contribution in [3.05, 3.63) is 48.0 Å². The van der Waals surface area contributed by atoms with E-state index in [0.29, 0.717) is 0 Å². The quantitative estimate of drug-likeness (QED) is 0.475. The van der Waals surface area contributed by atoms with Gasteiger partial charge in [-0.25, -0.2) is 0 Å². The molecule has 21 heavy (non-hydrogen) atoms. The number of ether oxygens (including phenoxy) is 1. The second kappa shape index (κ2) is 7.43. The van der Waals surface area contributed by atoms with E-state index in [9.17, 15) is 0 Å². The zero-order valence-corrected chi connectivity index (χ0v) is 13.7. The van der Waals surface area contributed by atoms with E-state index < -0.39 is 0 Å². The number of benzene rings is 2. The topological polar surface area (TPSA) is 59.1 Å². The molecular formula is C16H18N2OS2. The predicted octanol–water partition coefficient (Wildman–Crippen LogP) is 4.24. The van der Waals surface area contributed by atoms with Crippen LogP contribution >= 0.6 is 23.5 Å². The van der Waals surface area contributed by atoms with E-state index in [2.05, 4.69) is 6.92 Å². The maximum atomic E-state index is 7.88. The molecule has 3 nitrogen and oxygen atoms in total.